The molecule has 5 nitrogen and oxygen atoms in total. The smallest absolute Gasteiger partial charge is 0.295 e. The first kappa shape index (κ1) is 13.2. The van der Waals surface area contributed by atoms with Gasteiger partial charge in [0.2, 0.25) is 5.76 Å². The minimum absolute atomic E-state index is 0.237. The van der Waals surface area contributed by atoms with Crippen molar-refractivity contribution in [2.45, 2.75) is 6.92 Å². The van der Waals surface area contributed by atoms with E-state index in [4.69, 9.17) is 22.4 Å². The van der Waals surface area contributed by atoms with Crippen LogP contribution in [0.15, 0.2) is 35.1 Å². The van der Waals surface area contributed by atoms with Crippen LogP contribution in [-0.4, -0.2) is 22.9 Å². The number of thiocarbonyl (C=S) groups is 1. The average Bonchev–Trinajstić information content (AvgIpc) is 2.83. The maximum Gasteiger partial charge on any atom is 0.295 e. The summed E-state index contributed by atoms with van der Waals surface area (Å²) in [5.74, 6) is -0.0148. The van der Waals surface area contributed by atoms with E-state index in [0.29, 0.717) is 10.7 Å². The molecule has 0 spiro atoms. The molecule has 19 heavy (non-hydrogen) atoms. The van der Waals surface area contributed by atoms with Gasteiger partial charge in [0.15, 0.2) is 6.39 Å². The van der Waals surface area contributed by atoms with Crippen molar-refractivity contribution in [3.05, 3.63) is 47.7 Å². The van der Waals surface area contributed by atoms with E-state index in [1.54, 1.807) is 38.2 Å². The van der Waals surface area contributed by atoms with Crippen molar-refractivity contribution in [2.75, 3.05) is 11.9 Å². The molecule has 2 aromatic rings. The maximum absolute atomic E-state index is 12.2. The van der Waals surface area contributed by atoms with E-state index in [0.717, 1.165) is 11.3 Å². The molecule has 1 aromatic heterocycles. The fourth-order valence-electron chi connectivity index (χ4n) is 1.63. The predicted molar refractivity (Wildman–Crippen MR) is 76.3 cm³/mol. The molecule has 0 atom stereocenters. The molecule has 0 aliphatic rings. The molecule has 0 aliphatic carbocycles. The van der Waals surface area contributed by atoms with Crippen molar-refractivity contribution in [2.24, 2.45) is 5.73 Å². The van der Waals surface area contributed by atoms with Gasteiger partial charge in [0.25, 0.3) is 5.91 Å². The van der Waals surface area contributed by atoms with E-state index in [1.165, 1.54) is 11.3 Å². The molecule has 1 heterocycles. The van der Waals surface area contributed by atoms with E-state index < -0.39 is 0 Å². The molecule has 0 saturated heterocycles. The van der Waals surface area contributed by atoms with Gasteiger partial charge in [0, 0.05) is 18.3 Å². The van der Waals surface area contributed by atoms with Crippen LogP contribution in [0.2, 0.25) is 0 Å². The molecular formula is C13H13N3O2S. The normalized spacial score (nSPS) is 10.2. The summed E-state index contributed by atoms with van der Waals surface area (Å²) in [4.78, 5) is 17.9. The molecule has 98 valence electrons. The Kier molecular flexibility index (Phi) is 3.62. The van der Waals surface area contributed by atoms with Crippen molar-refractivity contribution in [3.63, 3.8) is 0 Å². The average molecular weight is 275 g/mol. The van der Waals surface area contributed by atoms with Crippen LogP contribution < -0.4 is 10.6 Å². The lowest BCUT2D eigenvalue weighted by Crippen LogP contribution is -2.26. The van der Waals surface area contributed by atoms with Crippen LogP contribution in [0.4, 0.5) is 5.69 Å². The summed E-state index contributed by atoms with van der Waals surface area (Å²) in [5, 5.41) is 0. The first-order chi connectivity index (χ1) is 9.00. The number of carbonyl (C=O) groups excluding carboxylic acids is 1. The van der Waals surface area contributed by atoms with Crippen LogP contribution in [0.3, 0.4) is 0 Å². The molecular weight excluding hydrogens is 262 g/mol. The van der Waals surface area contributed by atoms with Crippen molar-refractivity contribution < 1.29 is 9.21 Å². The largest absolute Gasteiger partial charge is 0.438 e. The SMILES string of the molecule is Cc1ncoc1C(=O)N(C)c1ccc(C(N)=S)cc1. The van der Waals surface area contributed by atoms with Crippen LogP contribution in [0, 0.1) is 6.92 Å². The van der Waals surface area contributed by atoms with Crippen LogP contribution in [-0.2, 0) is 0 Å². The molecule has 0 radical (unpaired) electrons. The van der Waals surface area contributed by atoms with E-state index in [9.17, 15) is 4.79 Å². The van der Waals surface area contributed by atoms with Gasteiger partial charge in [-0.2, -0.15) is 0 Å². The first-order valence-electron chi connectivity index (χ1n) is 5.58. The number of carbonyl (C=O) groups is 1. The Hall–Kier alpha value is -2.21. The standard InChI is InChI=1S/C13H13N3O2S/c1-8-11(18-7-15-8)13(17)16(2)10-5-3-9(4-6-10)12(14)19/h3-7H,1-2H3,(H2,14,19). The molecule has 0 unspecified atom stereocenters. The lowest BCUT2D eigenvalue weighted by Gasteiger charge is -2.16. The third-order valence-corrected chi connectivity index (χ3v) is 3.02. The number of aromatic nitrogens is 1. The molecule has 2 N–H and O–H groups in total. The highest BCUT2D eigenvalue weighted by Crippen LogP contribution is 2.17. The summed E-state index contributed by atoms with van der Waals surface area (Å²) in [6.07, 6.45) is 1.26. The number of aryl methyl sites for hydroxylation is 1. The molecule has 0 aliphatic heterocycles. The van der Waals surface area contributed by atoms with Crippen LogP contribution >= 0.6 is 12.2 Å². The maximum atomic E-state index is 12.2. The Morgan fingerprint density at radius 1 is 1.37 bits per heavy atom. The number of benzene rings is 1. The summed E-state index contributed by atoms with van der Waals surface area (Å²) < 4.78 is 5.09. The number of hydrogen-bond donors (Lipinski definition) is 1. The summed E-state index contributed by atoms with van der Waals surface area (Å²) in [5.41, 5.74) is 7.57. The Bertz CT molecular complexity index is 619. The second-order valence-electron chi connectivity index (χ2n) is 4.04. The topological polar surface area (TPSA) is 72.4 Å². The van der Waals surface area contributed by atoms with Gasteiger partial charge in [0.1, 0.15) is 4.99 Å². The van der Waals surface area contributed by atoms with Crippen molar-refractivity contribution in [3.8, 4) is 0 Å². The highest BCUT2D eigenvalue weighted by atomic mass is 32.1. The van der Waals surface area contributed by atoms with Crippen LogP contribution in [0.1, 0.15) is 21.8 Å². The Balaban J connectivity index is 2.24. The number of nitrogens with two attached hydrogens (primary N) is 1. The number of anilines is 1. The van der Waals surface area contributed by atoms with Gasteiger partial charge in [-0.05, 0) is 31.2 Å². The fraction of sp³-hybridized carbons (Fsp3) is 0.154. The fourth-order valence-corrected chi connectivity index (χ4v) is 1.76. The van der Waals surface area contributed by atoms with Gasteiger partial charge in [0.05, 0.1) is 5.69 Å². The third-order valence-electron chi connectivity index (χ3n) is 2.78. The Morgan fingerprint density at radius 2 is 2.00 bits per heavy atom. The Labute approximate surface area is 116 Å². The van der Waals surface area contributed by atoms with Gasteiger partial charge in [-0.1, -0.05) is 12.2 Å². The molecule has 2 rings (SSSR count). The van der Waals surface area contributed by atoms with Crippen LogP contribution in [0.25, 0.3) is 0 Å². The van der Waals surface area contributed by atoms with Crippen molar-refractivity contribution >= 4 is 28.8 Å². The summed E-state index contributed by atoms with van der Waals surface area (Å²) in [7, 11) is 1.67. The van der Waals surface area contributed by atoms with Gasteiger partial charge < -0.3 is 15.1 Å². The number of nitrogens with zero attached hydrogens (tertiary/aromatic N) is 2. The van der Waals surface area contributed by atoms with E-state index >= 15 is 0 Å². The second-order valence-corrected chi connectivity index (χ2v) is 4.48. The van der Waals surface area contributed by atoms with E-state index in [1.807, 2.05) is 0 Å². The third kappa shape index (κ3) is 2.63. The predicted octanol–water partition coefficient (Wildman–Crippen LogP) is 1.89. The van der Waals surface area contributed by atoms with Crippen molar-refractivity contribution in [1.29, 1.82) is 0 Å². The number of rotatable bonds is 3. The molecule has 6 heteroatoms. The molecule has 1 amide bonds. The quantitative estimate of drug-likeness (QED) is 0.866. The van der Waals surface area contributed by atoms with Gasteiger partial charge in [-0.25, -0.2) is 4.98 Å². The van der Waals surface area contributed by atoms with Gasteiger partial charge in [-0.3, -0.25) is 4.79 Å². The zero-order valence-corrected chi connectivity index (χ0v) is 11.4. The molecule has 1 aromatic carbocycles. The lowest BCUT2D eigenvalue weighted by atomic mass is 10.2. The second kappa shape index (κ2) is 5.19. The van der Waals surface area contributed by atoms with E-state index in [2.05, 4.69) is 4.98 Å². The highest BCUT2D eigenvalue weighted by molar-refractivity contribution is 7.80. The van der Waals surface area contributed by atoms with Gasteiger partial charge in [-0.15, -0.1) is 0 Å². The summed E-state index contributed by atoms with van der Waals surface area (Å²) >= 11 is 4.88. The zero-order chi connectivity index (χ0) is 14.0. The lowest BCUT2D eigenvalue weighted by molar-refractivity contribution is 0.0965. The van der Waals surface area contributed by atoms with Crippen molar-refractivity contribution in [1.82, 2.24) is 4.98 Å². The highest BCUT2D eigenvalue weighted by Gasteiger charge is 2.19. The van der Waals surface area contributed by atoms with Gasteiger partial charge >= 0.3 is 0 Å². The number of hydrogen-bond acceptors (Lipinski definition) is 4. The van der Waals surface area contributed by atoms with Crippen LogP contribution in [0.5, 0.6) is 0 Å². The number of oxazole rings is 1. The monoisotopic (exact) mass is 275 g/mol. The molecule has 0 bridgehead atoms. The minimum atomic E-state index is -0.252. The summed E-state index contributed by atoms with van der Waals surface area (Å²) in [6, 6.07) is 7.10. The first-order valence-corrected chi connectivity index (χ1v) is 5.99. The minimum Gasteiger partial charge on any atom is -0.438 e. The molecule has 0 fully saturated rings. The summed E-state index contributed by atoms with van der Waals surface area (Å²) in [6.45, 7) is 1.72. The zero-order valence-electron chi connectivity index (χ0n) is 10.6. The van der Waals surface area contributed by atoms with E-state index in [-0.39, 0.29) is 11.7 Å². The molecule has 0 saturated carbocycles. The number of amides is 1. The Morgan fingerprint density at radius 3 is 2.47 bits per heavy atom.